The second kappa shape index (κ2) is 4.19. The maximum absolute atomic E-state index is 11.9. The van der Waals surface area contributed by atoms with Crippen LogP contribution in [0.15, 0.2) is 18.2 Å². The lowest BCUT2D eigenvalue weighted by atomic mass is 10.1. The summed E-state index contributed by atoms with van der Waals surface area (Å²) in [5.41, 5.74) is 8.48. The van der Waals surface area contributed by atoms with Crippen LogP contribution in [0.25, 0.3) is 0 Å². The standard InChI is InChI=1S/C14H21N3O/c1-14(2)8-12(14)16-11-7-9(5-6-10(11)15)13(18)17(3)4/h5-7,12,16H,8,15H2,1-4H3. The number of hydrogen-bond donors (Lipinski definition) is 2. The lowest BCUT2D eigenvalue weighted by Gasteiger charge is -2.14. The Morgan fingerprint density at radius 2 is 2.06 bits per heavy atom. The Bertz CT molecular complexity index is 480. The molecule has 4 nitrogen and oxygen atoms in total. The first kappa shape index (κ1) is 12.7. The summed E-state index contributed by atoms with van der Waals surface area (Å²) >= 11 is 0. The third-order valence-corrected chi connectivity index (χ3v) is 3.55. The van der Waals surface area contributed by atoms with E-state index < -0.39 is 0 Å². The van der Waals surface area contributed by atoms with Gasteiger partial charge in [-0.3, -0.25) is 4.79 Å². The van der Waals surface area contributed by atoms with Crippen LogP contribution in [0.5, 0.6) is 0 Å². The Morgan fingerprint density at radius 3 is 2.56 bits per heavy atom. The molecule has 1 atom stereocenters. The van der Waals surface area contributed by atoms with Gasteiger partial charge in [0.05, 0.1) is 11.4 Å². The number of hydrogen-bond acceptors (Lipinski definition) is 3. The fourth-order valence-corrected chi connectivity index (χ4v) is 1.97. The van der Waals surface area contributed by atoms with E-state index in [1.165, 1.54) is 0 Å². The molecule has 0 spiro atoms. The average Bonchev–Trinajstić information content (AvgIpc) is 2.88. The molecule has 2 rings (SSSR count). The average molecular weight is 247 g/mol. The Balaban J connectivity index is 2.20. The van der Waals surface area contributed by atoms with E-state index in [0.717, 1.165) is 12.1 Å². The first-order valence-electron chi connectivity index (χ1n) is 6.19. The molecule has 1 unspecified atom stereocenters. The molecule has 1 aromatic carbocycles. The highest BCUT2D eigenvalue weighted by Crippen LogP contribution is 2.47. The molecule has 3 N–H and O–H groups in total. The van der Waals surface area contributed by atoms with Gasteiger partial charge in [-0.25, -0.2) is 0 Å². The van der Waals surface area contributed by atoms with Crippen molar-refractivity contribution >= 4 is 17.3 Å². The predicted molar refractivity (Wildman–Crippen MR) is 74.7 cm³/mol. The maximum atomic E-state index is 11.9. The number of benzene rings is 1. The summed E-state index contributed by atoms with van der Waals surface area (Å²) in [5, 5.41) is 3.41. The van der Waals surface area contributed by atoms with E-state index >= 15 is 0 Å². The zero-order valence-electron chi connectivity index (χ0n) is 11.4. The third-order valence-electron chi connectivity index (χ3n) is 3.55. The van der Waals surface area contributed by atoms with Crippen molar-refractivity contribution in [3.05, 3.63) is 23.8 Å². The van der Waals surface area contributed by atoms with Crippen molar-refractivity contribution in [1.29, 1.82) is 0 Å². The molecule has 1 aliphatic rings. The highest BCUT2D eigenvalue weighted by molar-refractivity contribution is 5.96. The summed E-state index contributed by atoms with van der Waals surface area (Å²) in [6, 6.07) is 5.84. The van der Waals surface area contributed by atoms with E-state index in [0.29, 0.717) is 22.7 Å². The van der Waals surface area contributed by atoms with Gasteiger partial charge in [-0.1, -0.05) is 13.8 Å². The second-order valence-corrected chi connectivity index (χ2v) is 5.89. The van der Waals surface area contributed by atoms with Crippen molar-refractivity contribution < 1.29 is 4.79 Å². The number of nitrogen functional groups attached to an aromatic ring is 1. The minimum absolute atomic E-state index is 0.00638. The largest absolute Gasteiger partial charge is 0.397 e. The molecule has 1 aliphatic carbocycles. The highest BCUT2D eigenvalue weighted by Gasteiger charge is 2.45. The molecular formula is C14H21N3O. The summed E-state index contributed by atoms with van der Waals surface area (Å²) in [6.07, 6.45) is 1.14. The van der Waals surface area contributed by atoms with E-state index in [4.69, 9.17) is 5.73 Å². The van der Waals surface area contributed by atoms with Crippen LogP contribution in [0, 0.1) is 5.41 Å². The molecule has 0 saturated heterocycles. The first-order chi connectivity index (χ1) is 8.31. The molecule has 1 saturated carbocycles. The number of carbonyl (C=O) groups is 1. The van der Waals surface area contributed by atoms with Gasteiger partial charge in [0, 0.05) is 25.7 Å². The minimum atomic E-state index is -0.00638. The third kappa shape index (κ3) is 2.42. The minimum Gasteiger partial charge on any atom is -0.397 e. The summed E-state index contributed by atoms with van der Waals surface area (Å²) in [4.78, 5) is 13.5. The Labute approximate surface area is 108 Å². The number of anilines is 2. The quantitative estimate of drug-likeness (QED) is 0.805. The van der Waals surface area contributed by atoms with Crippen molar-refractivity contribution in [2.24, 2.45) is 5.41 Å². The lowest BCUT2D eigenvalue weighted by molar-refractivity contribution is 0.0827. The molecule has 0 heterocycles. The molecule has 1 aromatic rings. The number of carbonyl (C=O) groups excluding carboxylic acids is 1. The van der Waals surface area contributed by atoms with E-state index in [1.54, 1.807) is 31.1 Å². The van der Waals surface area contributed by atoms with Gasteiger partial charge >= 0.3 is 0 Å². The van der Waals surface area contributed by atoms with Gasteiger partial charge in [-0.15, -0.1) is 0 Å². The SMILES string of the molecule is CN(C)C(=O)c1ccc(N)c(NC2CC2(C)C)c1. The molecular weight excluding hydrogens is 226 g/mol. The van der Waals surface area contributed by atoms with Crippen LogP contribution in [0.1, 0.15) is 30.6 Å². The number of rotatable bonds is 3. The molecule has 1 amide bonds. The van der Waals surface area contributed by atoms with Gasteiger partial charge in [-0.2, -0.15) is 0 Å². The molecule has 98 valence electrons. The van der Waals surface area contributed by atoms with Crippen molar-refractivity contribution in [3.8, 4) is 0 Å². The molecule has 0 bridgehead atoms. The highest BCUT2D eigenvalue weighted by atomic mass is 16.2. The van der Waals surface area contributed by atoms with Crippen LogP contribution in [-0.2, 0) is 0 Å². The second-order valence-electron chi connectivity index (χ2n) is 5.89. The van der Waals surface area contributed by atoms with Crippen molar-refractivity contribution in [2.45, 2.75) is 26.3 Å². The van der Waals surface area contributed by atoms with E-state index in [1.807, 2.05) is 6.07 Å². The number of nitrogens with two attached hydrogens (primary N) is 1. The summed E-state index contributed by atoms with van der Waals surface area (Å²) in [7, 11) is 3.49. The van der Waals surface area contributed by atoms with E-state index in [9.17, 15) is 4.79 Å². The Morgan fingerprint density at radius 1 is 1.44 bits per heavy atom. The van der Waals surface area contributed by atoms with Gasteiger partial charge in [0.1, 0.15) is 0 Å². The molecule has 0 radical (unpaired) electrons. The van der Waals surface area contributed by atoms with Crippen LogP contribution in [0.3, 0.4) is 0 Å². The summed E-state index contributed by atoms with van der Waals surface area (Å²) in [6.45, 7) is 4.44. The van der Waals surface area contributed by atoms with Crippen LogP contribution >= 0.6 is 0 Å². The van der Waals surface area contributed by atoms with Crippen LogP contribution in [0.2, 0.25) is 0 Å². The molecule has 1 fully saturated rings. The van der Waals surface area contributed by atoms with Crippen LogP contribution < -0.4 is 11.1 Å². The zero-order valence-corrected chi connectivity index (χ0v) is 11.4. The van der Waals surface area contributed by atoms with Gasteiger partial charge < -0.3 is 16.0 Å². The summed E-state index contributed by atoms with van der Waals surface area (Å²) in [5.74, 6) is -0.00638. The van der Waals surface area contributed by atoms with Crippen molar-refractivity contribution in [3.63, 3.8) is 0 Å². The van der Waals surface area contributed by atoms with Gasteiger partial charge in [0.25, 0.3) is 5.91 Å². The lowest BCUT2D eigenvalue weighted by Crippen LogP contribution is -2.22. The van der Waals surface area contributed by atoms with Crippen LogP contribution in [-0.4, -0.2) is 30.9 Å². The number of nitrogens with zero attached hydrogens (tertiary/aromatic N) is 1. The molecule has 4 heteroatoms. The van der Waals surface area contributed by atoms with E-state index in [-0.39, 0.29) is 5.91 Å². The first-order valence-corrected chi connectivity index (χ1v) is 6.19. The fourth-order valence-electron chi connectivity index (χ4n) is 1.97. The molecule has 18 heavy (non-hydrogen) atoms. The van der Waals surface area contributed by atoms with Gasteiger partial charge in [-0.05, 0) is 30.0 Å². The van der Waals surface area contributed by atoms with E-state index in [2.05, 4.69) is 19.2 Å². The molecule has 0 aromatic heterocycles. The summed E-state index contributed by atoms with van der Waals surface area (Å²) < 4.78 is 0. The van der Waals surface area contributed by atoms with Gasteiger partial charge in [0.2, 0.25) is 0 Å². The Kier molecular flexibility index (Phi) is 2.97. The smallest absolute Gasteiger partial charge is 0.253 e. The van der Waals surface area contributed by atoms with Crippen molar-refractivity contribution in [2.75, 3.05) is 25.1 Å². The fraction of sp³-hybridized carbons (Fsp3) is 0.500. The molecule has 0 aliphatic heterocycles. The Hall–Kier alpha value is -1.71. The van der Waals surface area contributed by atoms with Crippen LogP contribution in [0.4, 0.5) is 11.4 Å². The topological polar surface area (TPSA) is 58.4 Å². The predicted octanol–water partition coefficient (Wildman–Crippen LogP) is 2.18. The normalized spacial score (nSPS) is 20.3. The maximum Gasteiger partial charge on any atom is 0.253 e. The monoisotopic (exact) mass is 247 g/mol. The zero-order chi connectivity index (χ0) is 13.5. The number of amides is 1. The number of nitrogens with one attached hydrogen (secondary N) is 1. The van der Waals surface area contributed by atoms with Crippen molar-refractivity contribution in [1.82, 2.24) is 4.90 Å². The van der Waals surface area contributed by atoms with Gasteiger partial charge in [0.15, 0.2) is 0 Å².